The molecule has 0 aliphatic carbocycles. The Morgan fingerprint density at radius 2 is 1.89 bits per heavy atom. The topological polar surface area (TPSA) is 132 Å². The summed E-state index contributed by atoms with van der Waals surface area (Å²) in [6.45, 7) is 3.30. The van der Waals surface area contributed by atoms with Crippen LogP contribution in [0.3, 0.4) is 0 Å². The van der Waals surface area contributed by atoms with Crippen molar-refractivity contribution in [1.29, 1.82) is 5.26 Å². The molecule has 12 heteroatoms. The first kappa shape index (κ1) is 24.6. The average molecular weight is 516 g/mol. The van der Waals surface area contributed by atoms with E-state index in [-0.39, 0.29) is 44.1 Å². The molecule has 0 aliphatic rings. The highest BCUT2D eigenvalue weighted by Gasteiger charge is 2.22. The summed E-state index contributed by atoms with van der Waals surface area (Å²) in [6, 6.07) is 8.85. The summed E-state index contributed by atoms with van der Waals surface area (Å²) in [4.78, 5) is 30.9. The number of nitrogens with zero attached hydrogens (tertiary/aromatic N) is 4. The highest BCUT2D eigenvalue weighted by atomic mass is 35.5. The molecule has 0 aliphatic heterocycles. The van der Waals surface area contributed by atoms with Gasteiger partial charge in [-0.3, -0.25) is 4.57 Å². The van der Waals surface area contributed by atoms with E-state index in [0.717, 1.165) is 18.3 Å². The average Bonchev–Trinajstić information content (AvgIpc) is 2.81. The van der Waals surface area contributed by atoms with Crippen molar-refractivity contribution >= 4 is 41.4 Å². The van der Waals surface area contributed by atoms with E-state index in [1.807, 2.05) is 6.07 Å². The van der Waals surface area contributed by atoms with Crippen LogP contribution in [0.1, 0.15) is 29.8 Å². The molecular weight excluding hydrogens is 499 g/mol. The lowest BCUT2D eigenvalue weighted by Gasteiger charge is -2.20. The lowest BCUT2D eigenvalue weighted by Crippen LogP contribution is -2.11. The first-order valence-corrected chi connectivity index (χ1v) is 12.1. The summed E-state index contributed by atoms with van der Waals surface area (Å²) >= 11 is 6.51. The molecular formula is C23H17ClF2N5O3P. The number of rotatable bonds is 5. The number of aromatic nitrogens is 3. The third-order valence-electron chi connectivity index (χ3n) is 5.29. The van der Waals surface area contributed by atoms with E-state index >= 15 is 0 Å². The fraction of sp³-hybridized carbons (Fsp3) is 0.130. The molecule has 0 saturated carbocycles. The van der Waals surface area contributed by atoms with Crippen molar-refractivity contribution in [2.75, 3.05) is 5.32 Å². The Bertz CT molecular complexity index is 1550. The zero-order valence-corrected chi connectivity index (χ0v) is 19.9. The number of aryl methyl sites for hydroxylation is 1. The molecule has 3 heterocycles. The fourth-order valence-electron chi connectivity index (χ4n) is 3.54. The van der Waals surface area contributed by atoms with Crippen LogP contribution in [0.5, 0.6) is 0 Å². The van der Waals surface area contributed by atoms with Gasteiger partial charge in [0.05, 0.1) is 39.6 Å². The summed E-state index contributed by atoms with van der Waals surface area (Å²) in [6.07, 6.45) is 1.10. The molecule has 0 bridgehead atoms. The number of halogens is 3. The van der Waals surface area contributed by atoms with Gasteiger partial charge in [0.1, 0.15) is 17.0 Å². The van der Waals surface area contributed by atoms with Gasteiger partial charge in [-0.1, -0.05) is 11.6 Å². The lowest BCUT2D eigenvalue weighted by molar-refractivity contribution is 0.386. The van der Waals surface area contributed by atoms with Gasteiger partial charge in [0.15, 0.2) is 11.3 Å². The van der Waals surface area contributed by atoms with Gasteiger partial charge in [0.25, 0.3) is 0 Å². The van der Waals surface area contributed by atoms with Crippen LogP contribution in [0.25, 0.3) is 22.3 Å². The van der Waals surface area contributed by atoms with Crippen molar-refractivity contribution in [3.05, 3.63) is 76.1 Å². The second kappa shape index (κ2) is 9.29. The molecule has 0 radical (unpaired) electrons. The molecule has 178 valence electrons. The third kappa shape index (κ3) is 4.85. The third-order valence-corrected chi connectivity index (χ3v) is 6.61. The minimum absolute atomic E-state index is 0.141. The quantitative estimate of drug-likeness (QED) is 0.323. The molecule has 35 heavy (non-hydrogen) atoms. The van der Waals surface area contributed by atoms with Crippen LogP contribution >= 0.6 is 19.2 Å². The van der Waals surface area contributed by atoms with Gasteiger partial charge < -0.3 is 15.1 Å². The smallest absolute Gasteiger partial charge is 0.374 e. The van der Waals surface area contributed by atoms with E-state index in [4.69, 9.17) is 16.9 Å². The van der Waals surface area contributed by atoms with Gasteiger partial charge in [-0.2, -0.15) is 5.26 Å². The van der Waals surface area contributed by atoms with E-state index in [9.17, 15) is 23.1 Å². The maximum Gasteiger partial charge on any atom is 0.374 e. The molecule has 1 atom stereocenters. The number of benzene rings is 1. The zero-order valence-electron chi connectivity index (χ0n) is 18.3. The summed E-state index contributed by atoms with van der Waals surface area (Å²) in [5.74, 6) is -1.25. The van der Waals surface area contributed by atoms with Gasteiger partial charge >= 0.3 is 7.60 Å². The van der Waals surface area contributed by atoms with Crippen molar-refractivity contribution in [3.63, 3.8) is 0 Å². The van der Waals surface area contributed by atoms with Crippen LogP contribution < -0.4 is 10.8 Å². The zero-order chi connectivity index (χ0) is 25.5. The Kier molecular flexibility index (Phi) is 6.54. The predicted molar refractivity (Wildman–Crippen MR) is 127 cm³/mol. The molecule has 0 fully saturated rings. The Labute approximate surface area is 203 Å². The van der Waals surface area contributed by atoms with Crippen molar-refractivity contribution in [2.24, 2.45) is 0 Å². The van der Waals surface area contributed by atoms with Crippen LogP contribution in [-0.4, -0.2) is 24.7 Å². The summed E-state index contributed by atoms with van der Waals surface area (Å²) in [7, 11) is -4.57. The monoisotopic (exact) mass is 515 g/mol. The maximum atomic E-state index is 15.0. The first-order chi connectivity index (χ1) is 16.5. The Morgan fingerprint density at radius 1 is 1.14 bits per heavy atom. The molecule has 3 aromatic heterocycles. The SMILES string of the molecule is Cc1nc2cc(F)c(-c3ccc(P(=O)(O)O)nc3)nc2c(N[C@H](C)c2cc(C#N)ccc2F)c1Cl. The molecule has 4 rings (SSSR count). The van der Waals surface area contributed by atoms with Gasteiger partial charge in [0.2, 0.25) is 0 Å². The van der Waals surface area contributed by atoms with E-state index in [0.29, 0.717) is 5.69 Å². The molecule has 4 aromatic rings. The highest BCUT2D eigenvalue weighted by Crippen LogP contribution is 2.37. The van der Waals surface area contributed by atoms with E-state index in [2.05, 4.69) is 20.3 Å². The number of nitriles is 1. The van der Waals surface area contributed by atoms with Gasteiger partial charge in [0, 0.05) is 23.4 Å². The van der Waals surface area contributed by atoms with Crippen molar-refractivity contribution in [2.45, 2.75) is 19.9 Å². The van der Waals surface area contributed by atoms with Gasteiger partial charge in [-0.15, -0.1) is 0 Å². The van der Waals surface area contributed by atoms with E-state index in [1.54, 1.807) is 13.8 Å². The van der Waals surface area contributed by atoms with Gasteiger partial charge in [-0.05, 0) is 44.2 Å². The highest BCUT2D eigenvalue weighted by molar-refractivity contribution is 7.60. The summed E-state index contributed by atoms with van der Waals surface area (Å²) < 4.78 is 40.8. The molecule has 8 nitrogen and oxygen atoms in total. The van der Waals surface area contributed by atoms with Crippen LogP contribution in [0.4, 0.5) is 14.5 Å². The Hall–Kier alpha value is -3.48. The largest absolute Gasteiger partial charge is 0.375 e. The number of hydrogen-bond acceptors (Lipinski definition) is 6. The minimum Gasteiger partial charge on any atom is -0.375 e. The van der Waals surface area contributed by atoms with Crippen molar-refractivity contribution in [1.82, 2.24) is 15.0 Å². The fourth-order valence-corrected chi connectivity index (χ4v) is 4.20. The molecule has 3 N–H and O–H groups in total. The maximum absolute atomic E-state index is 15.0. The number of nitrogens with one attached hydrogen (secondary N) is 1. The van der Waals surface area contributed by atoms with E-state index < -0.39 is 30.7 Å². The standard InChI is InChI=1S/C23H17ClF2N5O3P/c1-11(15-7-13(9-27)3-5-16(15)25)30-23-20(24)12(2)29-18-8-17(26)21(31-22(18)23)14-4-6-19(28-10-14)35(32,33)34/h3-8,10-11H,1-2H3,(H,29,30)(H2,32,33,34)/t11-/m1/s1. The molecule has 0 unspecified atom stereocenters. The van der Waals surface area contributed by atoms with Crippen LogP contribution in [0.2, 0.25) is 5.02 Å². The second-order valence-electron chi connectivity index (χ2n) is 7.74. The number of pyridine rings is 3. The Morgan fingerprint density at radius 3 is 2.51 bits per heavy atom. The summed E-state index contributed by atoms with van der Waals surface area (Å²) in [5.41, 5.74) is 1.13. The second-order valence-corrected chi connectivity index (χ2v) is 9.66. The number of anilines is 1. The van der Waals surface area contributed by atoms with Gasteiger partial charge in [-0.25, -0.2) is 23.7 Å². The van der Waals surface area contributed by atoms with Crippen molar-refractivity contribution < 1.29 is 23.1 Å². The normalized spacial score (nSPS) is 12.4. The molecule has 0 amide bonds. The molecule has 1 aromatic carbocycles. The van der Waals surface area contributed by atoms with Crippen LogP contribution in [0, 0.1) is 29.9 Å². The predicted octanol–water partition coefficient (Wildman–Crippen LogP) is 4.78. The van der Waals surface area contributed by atoms with Crippen LogP contribution in [-0.2, 0) is 4.57 Å². The molecule has 0 saturated heterocycles. The summed E-state index contributed by atoms with van der Waals surface area (Å²) in [5, 5.41) is 12.5. The minimum atomic E-state index is -4.57. The molecule has 0 spiro atoms. The number of fused-ring (bicyclic) bond motifs is 1. The van der Waals surface area contributed by atoms with E-state index in [1.165, 1.54) is 24.3 Å². The first-order valence-electron chi connectivity index (χ1n) is 10.1. The number of hydrogen-bond donors (Lipinski definition) is 3. The lowest BCUT2D eigenvalue weighted by atomic mass is 10.0. The Balaban J connectivity index is 1.84. The van der Waals surface area contributed by atoms with Crippen molar-refractivity contribution in [3.8, 4) is 17.3 Å². The van der Waals surface area contributed by atoms with Crippen LogP contribution in [0.15, 0.2) is 42.6 Å².